The molecule has 2 aromatic rings. The number of carbonyl (C=O) groups is 1. The number of fused-ring (bicyclic) bond motifs is 3. The Bertz CT molecular complexity index is 673. The highest BCUT2D eigenvalue weighted by Crippen LogP contribution is 2.36. The third kappa shape index (κ3) is 1.97. The number of rotatable bonds is 3. The van der Waals surface area contributed by atoms with Gasteiger partial charge in [0.15, 0.2) is 0 Å². The maximum Gasteiger partial charge on any atom is 0.345 e. The topological polar surface area (TPSA) is 79.0 Å². The van der Waals surface area contributed by atoms with Crippen LogP contribution in [-0.4, -0.2) is 34.6 Å². The Morgan fingerprint density at radius 2 is 2.30 bits per heavy atom. The van der Waals surface area contributed by atoms with Crippen molar-refractivity contribution >= 4 is 28.3 Å². The van der Waals surface area contributed by atoms with Crippen LogP contribution < -0.4 is 10.6 Å². The fourth-order valence-corrected chi connectivity index (χ4v) is 2.16. The number of aromatic nitrogens is 2. The van der Waals surface area contributed by atoms with Gasteiger partial charge in [-0.25, -0.2) is 4.98 Å². The smallest absolute Gasteiger partial charge is 0.345 e. The number of pyridine rings is 1. The largest absolute Gasteiger partial charge is 0.367 e. The molecule has 0 aromatic carbocycles. The minimum atomic E-state index is -2.92. The Balaban J connectivity index is 1.99. The standard InChI is InChI=1S/C12H12F2N4O2/c1-12(5-20-11(13)14)10(19)17-7-4-16-9-6(2-3-15-9)8(7)18-12/h2-4,11,18H,5H2,1H3,(H,15,16)(H,17,19)/t12-/m0/s1. The number of alkyl halides is 2. The molecule has 1 aliphatic heterocycles. The molecular formula is C12H12F2N4O2. The van der Waals surface area contributed by atoms with Gasteiger partial charge in [0.2, 0.25) is 0 Å². The molecule has 106 valence electrons. The van der Waals surface area contributed by atoms with E-state index in [1.807, 2.05) is 0 Å². The van der Waals surface area contributed by atoms with Crippen molar-refractivity contribution < 1.29 is 18.3 Å². The van der Waals surface area contributed by atoms with E-state index < -0.39 is 24.7 Å². The zero-order valence-corrected chi connectivity index (χ0v) is 10.5. The molecule has 0 aliphatic carbocycles. The van der Waals surface area contributed by atoms with E-state index in [1.165, 1.54) is 13.1 Å². The van der Waals surface area contributed by atoms with Crippen LogP contribution in [0.25, 0.3) is 11.0 Å². The number of H-pyrrole nitrogens is 1. The van der Waals surface area contributed by atoms with Gasteiger partial charge in [-0.1, -0.05) is 0 Å². The summed E-state index contributed by atoms with van der Waals surface area (Å²) in [5, 5.41) is 6.40. The van der Waals surface area contributed by atoms with Crippen molar-refractivity contribution in [3.8, 4) is 0 Å². The molecule has 2 aromatic heterocycles. The van der Waals surface area contributed by atoms with Crippen molar-refractivity contribution in [1.29, 1.82) is 0 Å². The van der Waals surface area contributed by atoms with Gasteiger partial charge in [-0.3, -0.25) is 4.79 Å². The molecule has 6 nitrogen and oxygen atoms in total. The van der Waals surface area contributed by atoms with E-state index in [9.17, 15) is 13.6 Å². The van der Waals surface area contributed by atoms with Gasteiger partial charge in [-0.05, 0) is 13.0 Å². The number of aromatic amines is 1. The molecule has 0 unspecified atom stereocenters. The number of ether oxygens (including phenoxy) is 1. The lowest BCUT2D eigenvalue weighted by molar-refractivity contribution is -0.146. The van der Waals surface area contributed by atoms with E-state index in [0.717, 1.165) is 5.39 Å². The van der Waals surface area contributed by atoms with Crippen LogP contribution in [0.4, 0.5) is 20.2 Å². The maximum absolute atomic E-state index is 12.2. The van der Waals surface area contributed by atoms with E-state index >= 15 is 0 Å². The van der Waals surface area contributed by atoms with Crippen LogP contribution in [0.3, 0.4) is 0 Å². The third-order valence-electron chi connectivity index (χ3n) is 3.23. The van der Waals surface area contributed by atoms with Gasteiger partial charge >= 0.3 is 6.61 Å². The number of hydrogen-bond acceptors (Lipinski definition) is 4. The highest BCUT2D eigenvalue weighted by Gasteiger charge is 2.39. The summed E-state index contributed by atoms with van der Waals surface area (Å²) in [7, 11) is 0. The first-order chi connectivity index (χ1) is 9.49. The van der Waals surface area contributed by atoms with Gasteiger partial charge in [0, 0.05) is 11.6 Å². The molecule has 1 atom stereocenters. The Morgan fingerprint density at radius 3 is 3.05 bits per heavy atom. The molecule has 0 saturated carbocycles. The first-order valence-electron chi connectivity index (χ1n) is 5.95. The summed E-state index contributed by atoms with van der Waals surface area (Å²) in [5.41, 5.74) is 0.520. The van der Waals surface area contributed by atoms with Crippen LogP contribution in [0.15, 0.2) is 18.5 Å². The molecule has 3 N–H and O–H groups in total. The molecule has 1 aliphatic rings. The number of amides is 1. The predicted octanol–water partition coefficient (Wildman–Crippen LogP) is 1.92. The van der Waals surface area contributed by atoms with Gasteiger partial charge in [0.1, 0.15) is 11.2 Å². The average molecular weight is 282 g/mol. The van der Waals surface area contributed by atoms with E-state index in [4.69, 9.17) is 0 Å². The molecule has 0 bridgehead atoms. The van der Waals surface area contributed by atoms with E-state index in [0.29, 0.717) is 17.0 Å². The van der Waals surface area contributed by atoms with Gasteiger partial charge in [-0.15, -0.1) is 0 Å². The summed E-state index contributed by atoms with van der Waals surface area (Å²) >= 11 is 0. The monoisotopic (exact) mass is 282 g/mol. The minimum absolute atomic E-state index is 0.440. The molecule has 8 heteroatoms. The van der Waals surface area contributed by atoms with Gasteiger partial charge in [0.05, 0.1) is 24.2 Å². The van der Waals surface area contributed by atoms with Crippen LogP contribution in [0.2, 0.25) is 0 Å². The predicted molar refractivity (Wildman–Crippen MR) is 68.7 cm³/mol. The molecule has 0 radical (unpaired) electrons. The van der Waals surface area contributed by atoms with E-state index in [-0.39, 0.29) is 0 Å². The van der Waals surface area contributed by atoms with Crippen LogP contribution >= 0.6 is 0 Å². The van der Waals surface area contributed by atoms with Crippen molar-refractivity contribution in [2.24, 2.45) is 0 Å². The first kappa shape index (κ1) is 12.8. The molecular weight excluding hydrogens is 270 g/mol. The maximum atomic E-state index is 12.2. The molecule has 1 amide bonds. The quantitative estimate of drug-likeness (QED) is 0.803. The third-order valence-corrected chi connectivity index (χ3v) is 3.23. The number of nitrogens with one attached hydrogen (secondary N) is 3. The Hall–Kier alpha value is -2.22. The average Bonchev–Trinajstić information content (AvgIpc) is 2.87. The summed E-state index contributed by atoms with van der Waals surface area (Å²) in [6.07, 6.45) is 3.22. The molecule has 0 spiro atoms. The second-order valence-corrected chi connectivity index (χ2v) is 4.77. The van der Waals surface area contributed by atoms with Crippen molar-refractivity contribution in [3.05, 3.63) is 18.5 Å². The van der Waals surface area contributed by atoms with Gasteiger partial charge in [-0.2, -0.15) is 8.78 Å². The highest BCUT2D eigenvalue weighted by atomic mass is 19.3. The summed E-state index contributed by atoms with van der Waals surface area (Å²) in [6.45, 7) is -1.86. The van der Waals surface area contributed by atoms with Crippen molar-refractivity contribution in [2.45, 2.75) is 19.1 Å². The molecule has 3 rings (SSSR count). The molecule has 0 fully saturated rings. The number of halogens is 2. The SMILES string of the molecule is C[C@@]1(COC(F)F)Nc2c(cnc3[nH]ccc23)NC1=O. The number of nitrogens with zero attached hydrogens (tertiary/aromatic N) is 1. The van der Waals surface area contributed by atoms with Crippen LogP contribution in [0, 0.1) is 0 Å². The summed E-state index contributed by atoms with van der Waals surface area (Å²) in [4.78, 5) is 19.1. The first-order valence-corrected chi connectivity index (χ1v) is 5.95. The minimum Gasteiger partial charge on any atom is -0.367 e. The highest BCUT2D eigenvalue weighted by molar-refractivity contribution is 6.11. The lowest BCUT2D eigenvalue weighted by Crippen LogP contribution is -2.53. The van der Waals surface area contributed by atoms with Crippen molar-refractivity contribution in [2.75, 3.05) is 17.2 Å². The zero-order chi connectivity index (χ0) is 14.3. The fraction of sp³-hybridized carbons (Fsp3) is 0.333. The molecule has 3 heterocycles. The van der Waals surface area contributed by atoms with Crippen molar-refractivity contribution in [1.82, 2.24) is 9.97 Å². The zero-order valence-electron chi connectivity index (χ0n) is 10.5. The number of anilines is 2. The Morgan fingerprint density at radius 1 is 1.50 bits per heavy atom. The second kappa shape index (κ2) is 4.41. The van der Waals surface area contributed by atoms with E-state index in [2.05, 4.69) is 25.3 Å². The van der Waals surface area contributed by atoms with Crippen molar-refractivity contribution in [3.63, 3.8) is 0 Å². The lowest BCUT2D eigenvalue weighted by atomic mass is 9.98. The van der Waals surface area contributed by atoms with Gasteiger partial charge in [0.25, 0.3) is 5.91 Å². The second-order valence-electron chi connectivity index (χ2n) is 4.77. The van der Waals surface area contributed by atoms with Gasteiger partial charge < -0.3 is 20.4 Å². The fourth-order valence-electron chi connectivity index (χ4n) is 2.16. The van der Waals surface area contributed by atoms with Crippen LogP contribution in [0.5, 0.6) is 0 Å². The summed E-state index contributed by atoms with van der Waals surface area (Å²) < 4.78 is 28.7. The molecule has 0 saturated heterocycles. The van der Waals surface area contributed by atoms with E-state index in [1.54, 1.807) is 12.3 Å². The summed E-state index contributed by atoms with van der Waals surface area (Å²) in [6, 6.07) is 1.79. The number of carbonyl (C=O) groups excluding carboxylic acids is 1. The lowest BCUT2D eigenvalue weighted by Gasteiger charge is -2.35. The Labute approximate surface area is 112 Å². The normalized spacial score (nSPS) is 21.7. The number of hydrogen-bond donors (Lipinski definition) is 3. The Kier molecular flexibility index (Phi) is 2.82. The molecule has 20 heavy (non-hydrogen) atoms. The summed E-state index contributed by atoms with van der Waals surface area (Å²) in [5.74, 6) is -0.442. The van der Waals surface area contributed by atoms with Crippen LogP contribution in [-0.2, 0) is 9.53 Å². The van der Waals surface area contributed by atoms with Crippen LogP contribution in [0.1, 0.15) is 6.92 Å².